The fourth-order valence-corrected chi connectivity index (χ4v) is 3.99. The van der Waals surface area contributed by atoms with Crippen LogP contribution in [0.15, 0.2) is 48.8 Å². The van der Waals surface area contributed by atoms with E-state index in [0.717, 1.165) is 43.7 Å². The van der Waals surface area contributed by atoms with Gasteiger partial charge in [0.25, 0.3) is 0 Å². The SMILES string of the molecule is Cc1cccc2[nH]cc(CCNC(=O)NC3CCN(c4ccccn4)CC3)c12. The van der Waals surface area contributed by atoms with Crippen molar-refractivity contribution in [3.8, 4) is 0 Å². The van der Waals surface area contributed by atoms with Crippen LogP contribution in [-0.4, -0.2) is 41.7 Å². The Bertz CT molecular complexity index is 929. The molecule has 0 unspecified atom stereocenters. The largest absolute Gasteiger partial charge is 0.361 e. The van der Waals surface area contributed by atoms with Crippen molar-refractivity contribution in [2.45, 2.75) is 32.2 Å². The van der Waals surface area contributed by atoms with Crippen LogP contribution in [0.3, 0.4) is 0 Å². The highest BCUT2D eigenvalue weighted by Gasteiger charge is 2.21. The Morgan fingerprint density at radius 1 is 1.21 bits per heavy atom. The van der Waals surface area contributed by atoms with Gasteiger partial charge >= 0.3 is 6.03 Å². The van der Waals surface area contributed by atoms with Gasteiger partial charge < -0.3 is 20.5 Å². The van der Waals surface area contributed by atoms with Crippen LogP contribution < -0.4 is 15.5 Å². The molecule has 1 aliphatic heterocycles. The number of anilines is 1. The number of fused-ring (bicyclic) bond motifs is 1. The Hall–Kier alpha value is -3.02. The summed E-state index contributed by atoms with van der Waals surface area (Å²) in [6.45, 7) is 4.57. The summed E-state index contributed by atoms with van der Waals surface area (Å²) in [6.07, 6.45) is 6.56. The predicted molar refractivity (Wildman–Crippen MR) is 113 cm³/mol. The van der Waals surface area contributed by atoms with Gasteiger partial charge in [0.2, 0.25) is 0 Å². The van der Waals surface area contributed by atoms with Gasteiger partial charge in [-0.25, -0.2) is 9.78 Å². The lowest BCUT2D eigenvalue weighted by Crippen LogP contribution is -2.48. The van der Waals surface area contributed by atoms with Crippen LogP contribution in [0.4, 0.5) is 10.6 Å². The first-order chi connectivity index (χ1) is 13.7. The van der Waals surface area contributed by atoms with Crippen LogP contribution in [-0.2, 0) is 6.42 Å². The van der Waals surface area contributed by atoms with Crippen LogP contribution in [0.25, 0.3) is 10.9 Å². The van der Waals surface area contributed by atoms with E-state index in [4.69, 9.17) is 0 Å². The number of hydrogen-bond acceptors (Lipinski definition) is 3. The summed E-state index contributed by atoms with van der Waals surface area (Å²) in [7, 11) is 0. The standard InChI is InChI=1S/C22H27N5O/c1-16-5-4-6-19-21(16)17(15-25-19)8-12-24-22(28)26-18-9-13-27(14-10-18)20-7-2-3-11-23-20/h2-7,11,15,18,25H,8-10,12-14H2,1H3,(H2,24,26,28). The number of carbonyl (C=O) groups is 1. The maximum absolute atomic E-state index is 12.3. The van der Waals surface area contributed by atoms with Crippen LogP contribution in [0.1, 0.15) is 24.0 Å². The number of aryl methyl sites for hydroxylation is 1. The number of benzene rings is 1. The van der Waals surface area contributed by atoms with Gasteiger partial charge in [-0.2, -0.15) is 0 Å². The van der Waals surface area contributed by atoms with Crippen molar-refractivity contribution in [2.24, 2.45) is 0 Å². The number of amides is 2. The molecule has 3 N–H and O–H groups in total. The molecule has 0 spiro atoms. The summed E-state index contributed by atoms with van der Waals surface area (Å²) >= 11 is 0. The van der Waals surface area contributed by atoms with E-state index >= 15 is 0 Å². The second kappa shape index (κ2) is 8.33. The molecule has 0 radical (unpaired) electrons. The number of piperidine rings is 1. The van der Waals surface area contributed by atoms with Gasteiger partial charge in [-0.1, -0.05) is 18.2 Å². The summed E-state index contributed by atoms with van der Waals surface area (Å²) in [5.74, 6) is 1.01. The first kappa shape index (κ1) is 18.3. The van der Waals surface area contributed by atoms with E-state index in [9.17, 15) is 4.79 Å². The minimum absolute atomic E-state index is 0.0761. The first-order valence-electron chi connectivity index (χ1n) is 9.96. The highest BCUT2D eigenvalue weighted by atomic mass is 16.2. The average molecular weight is 377 g/mol. The lowest BCUT2D eigenvalue weighted by molar-refractivity contribution is 0.234. The van der Waals surface area contributed by atoms with E-state index in [1.807, 2.05) is 30.6 Å². The van der Waals surface area contributed by atoms with Crippen molar-refractivity contribution in [3.05, 3.63) is 59.9 Å². The number of H-pyrrole nitrogens is 1. The number of hydrogen-bond donors (Lipinski definition) is 3. The Labute approximate surface area is 165 Å². The molecule has 2 amide bonds. The maximum atomic E-state index is 12.3. The normalized spacial score (nSPS) is 15.0. The molecular weight excluding hydrogens is 350 g/mol. The zero-order valence-corrected chi connectivity index (χ0v) is 16.2. The molecule has 146 valence electrons. The molecular formula is C22H27N5O. The lowest BCUT2D eigenvalue weighted by Gasteiger charge is -2.33. The zero-order chi connectivity index (χ0) is 19.3. The minimum Gasteiger partial charge on any atom is -0.361 e. The molecule has 4 rings (SSSR count). The van der Waals surface area contributed by atoms with E-state index in [2.05, 4.69) is 50.6 Å². The Kier molecular flexibility index (Phi) is 5.46. The molecule has 6 heteroatoms. The van der Waals surface area contributed by atoms with Crippen LogP contribution in [0.5, 0.6) is 0 Å². The average Bonchev–Trinajstić information content (AvgIpc) is 3.14. The topological polar surface area (TPSA) is 73.1 Å². The van der Waals surface area contributed by atoms with Gasteiger partial charge in [-0.05, 0) is 55.5 Å². The predicted octanol–water partition coefficient (Wildman–Crippen LogP) is 3.38. The summed E-state index contributed by atoms with van der Waals surface area (Å²) < 4.78 is 0. The summed E-state index contributed by atoms with van der Waals surface area (Å²) in [5.41, 5.74) is 3.66. The van der Waals surface area contributed by atoms with E-state index in [-0.39, 0.29) is 12.1 Å². The Balaban J connectivity index is 1.22. The summed E-state index contributed by atoms with van der Waals surface area (Å²) in [4.78, 5) is 22.3. The molecule has 0 bridgehead atoms. The number of aromatic nitrogens is 2. The molecule has 1 aromatic carbocycles. The van der Waals surface area contributed by atoms with Crippen molar-refractivity contribution in [3.63, 3.8) is 0 Å². The van der Waals surface area contributed by atoms with E-state index < -0.39 is 0 Å². The van der Waals surface area contributed by atoms with Gasteiger partial charge in [0.05, 0.1) is 0 Å². The summed E-state index contributed by atoms with van der Waals surface area (Å²) in [6, 6.07) is 12.4. The number of pyridine rings is 1. The highest BCUT2D eigenvalue weighted by Crippen LogP contribution is 2.22. The third-order valence-electron chi connectivity index (χ3n) is 5.48. The van der Waals surface area contributed by atoms with Crippen LogP contribution >= 0.6 is 0 Å². The monoisotopic (exact) mass is 377 g/mol. The maximum Gasteiger partial charge on any atom is 0.315 e. The van der Waals surface area contributed by atoms with Crippen molar-refractivity contribution in [1.29, 1.82) is 0 Å². The molecule has 0 aliphatic carbocycles. The van der Waals surface area contributed by atoms with Gasteiger partial charge in [0.15, 0.2) is 0 Å². The number of nitrogens with one attached hydrogen (secondary N) is 3. The minimum atomic E-state index is -0.0761. The van der Waals surface area contributed by atoms with E-state index in [1.165, 1.54) is 16.5 Å². The number of aromatic amines is 1. The van der Waals surface area contributed by atoms with Gasteiger partial charge in [-0.3, -0.25) is 0 Å². The number of carbonyl (C=O) groups excluding carboxylic acids is 1. The van der Waals surface area contributed by atoms with Crippen LogP contribution in [0, 0.1) is 6.92 Å². The quantitative estimate of drug-likeness (QED) is 0.638. The molecule has 1 saturated heterocycles. The fraction of sp³-hybridized carbons (Fsp3) is 0.364. The molecule has 3 aromatic rings. The fourth-order valence-electron chi connectivity index (χ4n) is 3.99. The van der Waals surface area contributed by atoms with Crippen LogP contribution in [0.2, 0.25) is 0 Å². The van der Waals surface area contributed by atoms with Crippen molar-refractivity contribution < 1.29 is 4.79 Å². The van der Waals surface area contributed by atoms with Crippen molar-refractivity contribution in [2.75, 3.05) is 24.5 Å². The van der Waals surface area contributed by atoms with Gasteiger partial charge in [0, 0.05) is 49.0 Å². The van der Waals surface area contributed by atoms with Crippen molar-refractivity contribution in [1.82, 2.24) is 20.6 Å². The third-order valence-corrected chi connectivity index (χ3v) is 5.48. The molecule has 1 fully saturated rings. The molecule has 28 heavy (non-hydrogen) atoms. The third kappa shape index (κ3) is 4.11. The smallest absolute Gasteiger partial charge is 0.315 e. The highest BCUT2D eigenvalue weighted by molar-refractivity contribution is 5.86. The molecule has 2 aromatic heterocycles. The molecule has 6 nitrogen and oxygen atoms in total. The number of urea groups is 1. The van der Waals surface area contributed by atoms with Gasteiger partial charge in [0.1, 0.15) is 5.82 Å². The van der Waals surface area contributed by atoms with Crippen molar-refractivity contribution >= 4 is 22.8 Å². The lowest BCUT2D eigenvalue weighted by atomic mass is 10.1. The second-order valence-corrected chi connectivity index (χ2v) is 7.41. The van der Waals surface area contributed by atoms with Gasteiger partial charge in [-0.15, -0.1) is 0 Å². The number of nitrogens with zero attached hydrogens (tertiary/aromatic N) is 2. The molecule has 1 aliphatic rings. The first-order valence-corrected chi connectivity index (χ1v) is 9.96. The zero-order valence-electron chi connectivity index (χ0n) is 16.2. The Morgan fingerprint density at radius 2 is 2.07 bits per heavy atom. The second-order valence-electron chi connectivity index (χ2n) is 7.41. The molecule has 0 saturated carbocycles. The summed E-state index contributed by atoms with van der Waals surface area (Å²) in [5, 5.41) is 7.39. The van der Waals surface area contributed by atoms with E-state index in [1.54, 1.807) is 0 Å². The van der Waals surface area contributed by atoms with E-state index in [0.29, 0.717) is 6.54 Å². The number of rotatable bonds is 5. The molecule has 3 heterocycles. The molecule has 0 atom stereocenters. The Morgan fingerprint density at radius 3 is 2.86 bits per heavy atom.